The van der Waals surface area contributed by atoms with Crippen LogP contribution in [0, 0.1) is 0 Å². The molecule has 0 heterocycles. The minimum atomic E-state index is -3.57. The first kappa shape index (κ1) is 18.6. The van der Waals surface area contributed by atoms with Crippen LogP contribution in [0.1, 0.15) is 38.0 Å². The Kier molecular flexibility index (Phi) is 5.80. The van der Waals surface area contributed by atoms with E-state index in [4.69, 9.17) is 4.74 Å². The van der Waals surface area contributed by atoms with E-state index in [1.807, 2.05) is 42.5 Å². The summed E-state index contributed by atoms with van der Waals surface area (Å²) in [6.07, 6.45) is -0.324. The molecule has 0 saturated heterocycles. The molecule has 0 amide bonds. The average Bonchev–Trinajstić information content (AvgIpc) is 2.56. The summed E-state index contributed by atoms with van der Waals surface area (Å²) in [6, 6.07) is 16.6. The van der Waals surface area contributed by atoms with Crippen molar-refractivity contribution >= 4 is 10.0 Å². The number of methoxy groups -OCH3 is 1. The molecular weight excluding hydrogens is 322 g/mol. The maximum absolute atomic E-state index is 12.5. The molecule has 24 heavy (non-hydrogen) atoms. The van der Waals surface area contributed by atoms with E-state index in [-0.39, 0.29) is 23.0 Å². The van der Waals surface area contributed by atoms with Crippen LogP contribution in [0.25, 0.3) is 0 Å². The predicted molar refractivity (Wildman–Crippen MR) is 96.5 cm³/mol. The Labute approximate surface area is 144 Å². The Balaban J connectivity index is 2.11. The van der Waals surface area contributed by atoms with Gasteiger partial charge in [-0.2, -0.15) is 0 Å². The summed E-state index contributed by atoms with van der Waals surface area (Å²) in [6.45, 7) is 6.47. The molecule has 0 saturated carbocycles. The summed E-state index contributed by atoms with van der Waals surface area (Å²) < 4.78 is 33.0. The summed E-state index contributed by atoms with van der Waals surface area (Å²) >= 11 is 0. The van der Waals surface area contributed by atoms with Gasteiger partial charge in [0.25, 0.3) is 0 Å². The van der Waals surface area contributed by atoms with Gasteiger partial charge in [0.2, 0.25) is 10.0 Å². The van der Waals surface area contributed by atoms with Gasteiger partial charge in [-0.3, -0.25) is 0 Å². The minimum absolute atomic E-state index is 0.00975. The number of rotatable bonds is 6. The Bertz CT molecular complexity index is 747. The quantitative estimate of drug-likeness (QED) is 0.868. The number of nitrogens with one attached hydrogen (secondary N) is 1. The van der Waals surface area contributed by atoms with Crippen molar-refractivity contribution in [1.82, 2.24) is 4.72 Å². The average molecular weight is 347 g/mol. The normalized spacial score (nSPS) is 13.7. The van der Waals surface area contributed by atoms with Gasteiger partial charge in [0.15, 0.2) is 0 Å². The van der Waals surface area contributed by atoms with E-state index in [2.05, 4.69) is 25.5 Å². The van der Waals surface area contributed by atoms with Gasteiger partial charge in [-0.25, -0.2) is 13.1 Å². The summed E-state index contributed by atoms with van der Waals surface area (Å²) in [5.74, 6) is 0. The van der Waals surface area contributed by atoms with Gasteiger partial charge in [-0.15, -0.1) is 0 Å². The second-order valence-electron chi connectivity index (χ2n) is 6.76. The Morgan fingerprint density at radius 3 is 2.08 bits per heavy atom. The van der Waals surface area contributed by atoms with Gasteiger partial charge in [-0.05, 0) is 28.7 Å². The van der Waals surface area contributed by atoms with Crippen molar-refractivity contribution in [2.75, 3.05) is 13.7 Å². The van der Waals surface area contributed by atoms with E-state index in [1.165, 1.54) is 0 Å². The molecule has 130 valence electrons. The summed E-state index contributed by atoms with van der Waals surface area (Å²) in [7, 11) is -1.99. The SMILES string of the molecule is CO[C@H](CNS(=O)(=O)c1ccc(C(C)(C)C)cc1)c1ccccc1. The van der Waals surface area contributed by atoms with Crippen LogP contribution < -0.4 is 4.72 Å². The van der Waals surface area contributed by atoms with Crippen LogP contribution in [0.15, 0.2) is 59.5 Å². The van der Waals surface area contributed by atoms with Gasteiger partial charge in [0.1, 0.15) is 0 Å². The van der Waals surface area contributed by atoms with Crippen molar-refractivity contribution in [1.29, 1.82) is 0 Å². The predicted octanol–water partition coefficient (Wildman–Crippen LogP) is 3.65. The third-order valence-corrected chi connectivity index (χ3v) is 5.38. The highest BCUT2D eigenvalue weighted by atomic mass is 32.2. The monoisotopic (exact) mass is 347 g/mol. The third kappa shape index (κ3) is 4.66. The van der Waals surface area contributed by atoms with Crippen LogP contribution >= 0.6 is 0 Å². The lowest BCUT2D eigenvalue weighted by Gasteiger charge is -2.19. The molecule has 0 aliphatic rings. The molecule has 0 spiro atoms. The molecule has 0 aliphatic carbocycles. The molecular formula is C19H25NO3S. The van der Waals surface area contributed by atoms with Crippen molar-refractivity contribution in [2.24, 2.45) is 0 Å². The highest BCUT2D eigenvalue weighted by molar-refractivity contribution is 7.89. The van der Waals surface area contributed by atoms with Gasteiger partial charge >= 0.3 is 0 Å². The molecule has 0 bridgehead atoms. The van der Waals surface area contributed by atoms with E-state index < -0.39 is 10.0 Å². The smallest absolute Gasteiger partial charge is 0.240 e. The van der Waals surface area contributed by atoms with Crippen molar-refractivity contribution < 1.29 is 13.2 Å². The van der Waals surface area contributed by atoms with E-state index in [1.54, 1.807) is 19.2 Å². The molecule has 0 unspecified atom stereocenters. The fourth-order valence-electron chi connectivity index (χ4n) is 2.41. The van der Waals surface area contributed by atoms with Crippen LogP contribution in [0.4, 0.5) is 0 Å². The molecule has 0 fully saturated rings. The molecule has 4 nitrogen and oxygen atoms in total. The molecule has 0 aromatic heterocycles. The highest BCUT2D eigenvalue weighted by Crippen LogP contribution is 2.23. The second-order valence-corrected chi connectivity index (χ2v) is 8.53. The standard InChI is InChI=1S/C19H25NO3S/c1-19(2,3)16-10-12-17(13-11-16)24(21,22)20-14-18(23-4)15-8-6-5-7-9-15/h5-13,18,20H,14H2,1-4H3/t18-/m1/s1. The maximum atomic E-state index is 12.5. The third-order valence-electron chi connectivity index (χ3n) is 3.95. The lowest BCUT2D eigenvalue weighted by Crippen LogP contribution is -2.29. The molecule has 2 rings (SSSR count). The van der Waals surface area contributed by atoms with E-state index in [0.717, 1.165) is 11.1 Å². The Morgan fingerprint density at radius 2 is 1.58 bits per heavy atom. The van der Waals surface area contributed by atoms with Gasteiger partial charge < -0.3 is 4.74 Å². The largest absolute Gasteiger partial charge is 0.375 e. The topological polar surface area (TPSA) is 55.4 Å². The van der Waals surface area contributed by atoms with Crippen LogP contribution in [0.3, 0.4) is 0 Å². The summed E-state index contributed by atoms with van der Waals surface area (Å²) in [5.41, 5.74) is 2.02. The van der Waals surface area contributed by atoms with E-state index >= 15 is 0 Å². The highest BCUT2D eigenvalue weighted by Gasteiger charge is 2.19. The van der Waals surface area contributed by atoms with Crippen LogP contribution in [0.2, 0.25) is 0 Å². The molecule has 5 heteroatoms. The zero-order chi connectivity index (χ0) is 17.8. The van der Waals surface area contributed by atoms with Crippen LogP contribution in [-0.2, 0) is 20.2 Å². The van der Waals surface area contributed by atoms with E-state index in [9.17, 15) is 8.42 Å². The minimum Gasteiger partial charge on any atom is -0.375 e. The van der Waals surface area contributed by atoms with Crippen molar-refractivity contribution in [2.45, 2.75) is 37.2 Å². The number of benzene rings is 2. The first-order valence-corrected chi connectivity index (χ1v) is 9.40. The number of ether oxygens (including phenoxy) is 1. The molecule has 1 N–H and O–H groups in total. The number of hydrogen-bond acceptors (Lipinski definition) is 3. The molecule has 0 aliphatic heterocycles. The molecule has 0 radical (unpaired) electrons. The zero-order valence-electron chi connectivity index (χ0n) is 14.6. The van der Waals surface area contributed by atoms with Crippen molar-refractivity contribution in [3.8, 4) is 0 Å². The fraction of sp³-hybridized carbons (Fsp3) is 0.368. The Morgan fingerprint density at radius 1 is 1.00 bits per heavy atom. The lowest BCUT2D eigenvalue weighted by molar-refractivity contribution is 0.107. The Hall–Kier alpha value is -1.69. The summed E-state index contributed by atoms with van der Waals surface area (Å²) in [4.78, 5) is 0.262. The van der Waals surface area contributed by atoms with Gasteiger partial charge in [0.05, 0.1) is 11.0 Å². The summed E-state index contributed by atoms with van der Waals surface area (Å²) in [5, 5.41) is 0. The van der Waals surface area contributed by atoms with E-state index in [0.29, 0.717) is 0 Å². The second kappa shape index (κ2) is 7.47. The van der Waals surface area contributed by atoms with Crippen molar-refractivity contribution in [3.63, 3.8) is 0 Å². The maximum Gasteiger partial charge on any atom is 0.240 e. The van der Waals surface area contributed by atoms with Crippen LogP contribution in [-0.4, -0.2) is 22.1 Å². The molecule has 2 aromatic rings. The lowest BCUT2D eigenvalue weighted by atomic mass is 9.87. The fourth-order valence-corrected chi connectivity index (χ4v) is 3.44. The van der Waals surface area contributed by atoms with Gasteiger partial charge in [0, 0.05) is 13.7 Å². The number of hydrogen-bond donors (Lipinski definition) is 1. The van der Waals surface area contributed by atoms with Gasteiger partial charge in [-0.1, -0.05) is 63.2 Å². The molecule has 2 aromatic carbocycles. The molecule has 1 atom stereocenters. The number of sulfonamides is 1. The van der Waals surface area contributed by atoms with Crippen LogP contribution in [0.5, 0.6) is 0 Å². The van der Waals surface area contributed by atoms with Crippen molar-refractivity contribution in [3.05, 3.63) is 65.7 Å². The zero-order valence-corrected chi connectivity index (χ0v) is 15.4. The first-order valence-electron chi connectivity index (χ1n) is 7.92. The first-order chi connectivity index (χ1) is 11.2.